The van der Waals surface area contributed by atoms with Crippen molar-refractivity contribution in [2.75, 3.05) is 40.2 Å². The Morgan fingerprint density at radius 3 is 2.10 bits per heavy atom. The molecule has 4 rings (SSSR count). The average molecular weight is 710 g/mol. The van der Waals surface area contributed by atoms with E-state index in [0.717, 1.165) is 19.3 Å². The number of imide groups is 1. The van der Waals surface area contributed by atoms with E-state index in [-0.39, 0.29) is 41.6 Å². The predicted molar refractivity (Wildman–Crippen MR) is 191 cm³/mol. The van der Waals surface area contributed by atoms with E-state index in [1.165, 1.54) is 31.9 Å². The third kappa shape index (κ3) is 8.96. The van der Waals surface area contributed by atoms with Crippen molar-refractivity contribution in [1.82, 2.24) is 14.9 Å². The van der Waals surface area contributed by atoms with Crippen LogP contribution in [-0.4, -0.2) is 82.4 Å². The molecule has 1 atom stereocenters. The molecule has 2 heterocycles. The molecule has 1 aliphatic carbocycles. The Morgan fingerprint density at radius 2 is 1.63 bits per heavy atom. The fourth-order valence-electron chi connectivity index (χ4n) is 6.29. The number of anilines is 4. The number of urea groups is 1. The number of rotatable bonds is 11. The van der Waals surface area contributed by atoms with Crippen LogP contribution < -0.4 is 20.0 Å². The van der Waals surface area contributed by atoms with Crippen molar-refractivity contribution in [3.05, 3.63) is 66.4 Å². The molecule has 1 saturated heterocycles. The number of hydrogen-bond acceptors (Lipinski definition) is 8. The molecule has 14 heteroatoms. The van der Waals surface area contributed by atoms with E-state index in [1.807, 2.05) is 13.8 Å². The predicted octanol–water partition coefficient (Wildman–Crippen LogP) is 6.61. The highest BCUT2D eigenvalue weighted by molar-refractivity contribution is 6.23. The smallest absolute Gasteiger partial charge is 0.358 e. The first-order valence-electron chi connectivity index (χ1n) is 16.9. The zero-order chi connectivity index (χ0) is 38.1. The van der Waals surface area contributed by atoms with Crippen LogP contribution in [-0.2, 0) is 20.8 Å². The summed E-state index contributed by atoms with van der Waals surface area (Å²) in [6, 6.07) is 4.48. The first kappa shape index (κ1) is 40.3. The molecule has 0 unspecified atom stereocenters. The van der Waals surface area contributed by atoms with Gasteiger partial charge in [0.25, 0.3) is 5.91 Å². The molecule has 274 valence electrons. The van der Waals surface area contributed by atoms with Crippen LogP contribution >= 0.6 is 0 Å². The number of halogens is 3. The normalized spacial score (nSPS) is 15.7. The number of carbonyl (C=O) groups excluding carboxylic acids is 4. The van der Waals surface area contributed by atoms with E-state index in [4.69, 9.17) is 0 Å². The third-order valence-electron chi connectivity index (χ3n) is 9.06. The van der Waals surface area contributed by atoms with Crippen LogP contribution in [0.2, 0.25) is 0 Å². The molecule has 4 amide bonds. The van der Waals surface area contributed by atoms with Crippen LogP contribution in [0.3, 0.4) is 0 Å². The lowest BCUT2D eigenvalue weighted by Gasteiger charge is -2.35. The van der Waals surface area contributed by atoms with Gasteiger partial charge in [-0.2, -0.15) is 18.2 Å². The van der Waals surface area contributed by atoms with Crippen molar-refractivity contribution in [2.45, 2.75) is 96.9 Å². The minimum atomic E-state index is -5.15. The van der Waals surface area contributed by atoms with Gasteiger partial charge in [0.05, 0.1) is 17.9 Å². The second-order valence-corrected chi connectivity index (χ2v) is 12.6. The summed E-state index contributed by atoms with van der Waals surface area (Å²) in [5, 5.41) is 3.00. The Hall–Kier alpha value is -5.15. The highest BCUT2D eigenvalue weighted by Gasteiger charge is 2.56. The summed E-state index contributed by atoms with van der Waals surface area (Å²) < 4.78 is 40.9. The lowest BCUT2D eigenvalue weighted by Crippen LogP contribution is -2.49. The lowest BCUT2D eigenvalue weighted by molar-refractivity contribution is -0.170. The topological polar surface area (TPSA) is 119 Å². The Morgan fingerprint density at radius 1 is 1.04 bits per heavy atom. The molecule has 2 fully saturated rings. The number of ketones is 1. The summed E-state index contributed by atoms with van der Waals surface area (Å²) in [6.45, 7) is 15.4. The number of amides is 4. The maximum atomic E-state index is 13.6. The van der Waals surface area contributed by atoms with Crippen LogP contribution in [0.1, 0.15) is 72.3 Å². The Labute approximate surface area is 297 Å². The molecule has 0 bridgehead atoms. The molecule has 1 aromatic heterocycles. The largest absolute Gasteiger partial charge is 0.471 e. The SMILES string of the molecule is C=C=C=C=C.CCN(CC)c1ncc(N(C(=O)C(F)(F)F)C(C)C)c(N[C@@H](Cc2ccc(N3C(=O)N(C)C4(CCCCC4)C3=O)cc2)C(C)=O)n1. The van der Waals surface area contributed by atoms with E-state index in [9.17, 15) is 32.3 Å². The summed E-state index contributed by atoms with van der Waals surface area (Å²) >= 11 is 0. The molecule has 1 aliphatic heterocycles. The van der Waals surface area contributed by atoms with Crippen molar-refractivity contribution >= 4 is 46.8 Å². The molecule has 0 radical (unpaired) electrons. The zero-order valence-corrected chi connectivity index (χ0v) is 30.1. The summed E-state index contributed by atoms with van der Waals surface area (Å²) in [5.74, 6) is -2.49. The van der Waals surface area contributed by atoms with Crippen molar-refractivity contribution in [3.8, 4) is 0 Å². The van der Waals surface area contributed by atoms with Gasteiger partial charge in [0.1, 0.15) is 11.2 Å². The number of hydrogen-bond donors (Lipinski definition) is 1. The molecule has 51 heavy (non-hydrogen) atoms. The summed E-state index contributed by atoms with van der Waals surface area (Å²) in [6.07, 6.45) is 0.150. The van der Waals surface area contributed by atoms with E-state index >= 15 is 0 Å². The van der Waals surface area contributed by atoms with Crippen LogP contribution in [0.25, 0.3) is 0 Å². The van der Waals surface area contributed by atoms with Crippen LogP contribution in [0.5, 0.6) is 0 Å². The Kier molecular flexibility index (Phi) is 13.6. The summed E-state index contributed by atoms with van der Waals surface area (Å²) in [7, 11) is 1.67. The Bertz CT molecular complexity index is 1690. The van der Waals surface area contributed by atoms with Gasteiger partial charge in [0.15, 0.2) is 11.6 Å². The number of aromatic nitrogens is 2. The molecular weight excluding hydrogens is 663 g/mol. The summed E-state index contributed by atoms with van der Waals surface area (Å²) in [5.41, 5.74) is 7.13. The average Bonchev–Trinajstić information content (AvgIpc) is 3.26. The lowest BCUT2D eigenvalue weighted by atomic mass is 9.80. The van der Waals surface area contributed by atoms with Gasteiger partial charge in [-0.15, -0.1) is 0 Å². The van der Waals surface area contributed by atoms with E-state index < -0.39 is 29.7 Å². The monoisotopic (exact) mass is 709 g/mol. The molecule has 1 spiro atoms. The fraction of sp³-hybridized carbons (Fsp3) is 0.486. The number of nitrogens with one attached hydrogen (secondary N) is 1. The van der Waals surface area contributed by atoms with Gasteiger partial charge in [0.2, 0.25) is 5.95 Å². The van der Waals surface area contributed by atoms with E-state index in [2.05, 4.69) is 45.6 Å². The molecule has 11 nitrogen and oxygen atoms in total. The van der Waals surface area contributed by atoms with E-state index in [0.29, 0.717) is 42.1 Å². The van der Waals surface area contributed by atoms with Crippen LogP contribution in [0.15, 0.2) is 60.8 Å². The molecule has 1 saturated carbocycles. The molecule has 2 aliphatic rings. The third-order valence-corrected chi connectivity index (χ3v) is 9.06. The number of nitrogens with zero attached hydrogens (tertiary/aromatic N) is 6. The van der Waals surface area contributed by atoms with Crippen LogP contribution in [0, 0.1) is 0 Å². The molecule has 2 aromatic rings. The van der Waals surface area contributed by atoms with Crippen molar-refractivity contribution in [3.63, 3.8) is 0 Å². The number of alkyl halides is 3. The van der Waals surface area contributed by atoms with Crippen molar-refractivity contribution in [1.29, 1.82) is 0 Å². The highest BCUT2D eigenvalue weighted by atomic mass is 19.4. The minimum Gasteiger partial charge on any atom is -0.358 e. The maximum Gasteiger partial charge on any atom is 0.471 e. The highest BCUT2D eigenvalue weighted by Crippen LogP contribution is 2.41. The van der Waals surface area contributed by atoms with Gasteiger partial charge in [-0.05, 0) is 90.5 Å². The van der Waals surface area contributed by atoms with Crippen LogP contribution in [0.4, 0.5) is 41.1 Å². The molecular formula is C37H46F3N7O4. The first-order chi connectivity index (χ1) is 24.1. The zero-order valence-electron chi connectivity index (χ0n) is 30.1. The standard InChI is InChI=1S/C32H42F3N7O4.C5H4/c1-7-40(8-2)29-36-19-25(41(20(3)4)28(45)32(33,34)35)26(38-29)37-24(21(5)43)18-22-12-14-23(15-13-22)42-27(44)31(39(6)30(42)46)16-10-9-11-17-31;1-3-5-4-2/h12-15,19-20,24H,7-11,16-18H2,1-6H3,(H,36,37,38);1-2H2/t24-;/m0./s1. The van der Waals surface area contributed by atoms with Gasteiger partial charge in [-0.1, -0.05) is 42.9 Å². The molecule has 1 aromatic carbocycles. The van der Waals surface area contributed by atoms with Crippen molar-refractivity contribution in [2.24, 2.45) is 0 Å². The van der Waals surface area contributed by atoms with E-state index in [1.54, 1.807) is 41.1 Å². The van der Waals surface area contributed by atoms with Gasteiger partial charge >= 0.3 is 18.1 Å². The minimum absolute atomic E-state index is 0.0888. The second-order valence-electron chi connectivity index (χ2n) is 12.6. The second kappa shape index (κ2) is 17.2. The quantitative estimate of drug-likeness (QED) is 0.205. The number of carbonyl (C=O) groups is 4. The summed E-state index contributed by atoms with van der Waals surface area (Å²) in [4.78, 5) is 65.9. The Balaban J connectivity index is 0.00000131. The maximum absolute atomic E-state index is 13.6. The van der Waals surface area contributed by atoms with Gasteiger partial charge in [-0.25, -0.2) is 14.7 Å². The number of likely N-dealkylation sites (N-methyl/N-ethyl adjacent to an activating group) is 1. The number of benzene rings is 1. The first-order valence-corrected chi connectivity index (χ1v) is 16.9. The number of Topliss-reactive ketones (excluding diaryl/α,β-unsaturated/α-hetero) is 1. The van der Waals surface area contributed by atoms with Gasteiger partial charge < -0.3 is 15.1 Å². The fourth-order valence-corrected chi connectivity index (χ4v) is 6.29. The van der Waals surface area contributed by atoms with Gasteiger partial charge in [-0.3, -0.25) is 19.3 Å². The van der Waals surface area contributed by atoms with Gasteiger partial charge in [0, 0.05) is 26.2 Å². The van der Waals surface area contributed by atoms with Crippen molar-refractivity contribution < 1.29 is 32.3 Å². The molecule has 1 N–H and O–H groups in total.